The van der Waals surface area contributed by atoms with Crippen molar-refractivity contribution in [1.82, 2.24) is 24.8 Å². The van der Waals surface area contributed by atoms with Crippen LogP contribution < -0.4 is 10.1 Å². The van der Waals surface area contributed by atoms with E-state index in [9.17, 15) is 4.79 Å². The molecule has 1 N–H and O–H groups in total. The van der Waals surface area contributed by atoms with Crippen LogP contribution in [0.1, 0.15) is 10.4 Å². The van der Waals surface area contributed by atoms with Gasteiger partial charge in [0.15, 0.2) is 0 Å². The second-order valence-corrected chi connectivity index (χ2v) is 7.10. The molecule has 0 spiro atoms. The van der Waals surface area contributed by atoms with Gasteiger partial charge in [-0.25, -0.2) is 0 Å². The summed E-state index contributed by atoms with van der Waals surface area (Å²) in [6.07, 6.45) is 4.66. The summed E-state index contributed by atoms with van der Waals surface area (Å²) in [5, 5.41) is 15.8. The molecule has 0 bridgehead atoms. The molecule has 4 rings (SSSR count). The Hall–Kier alpha value is -2.85. The highest BCUT2D eigenvalue weighted by molar-refractivity contribution is 9.10. The molecule has 4 aromatic rings. The highest BCUT2D eigenvalue weighted by Crippen LogP contribution is 2.32. The van der Waals surface area contributed by atoms with Gasteiger partial charge in [0.2, 0.25) is 4.96 Å². The number of amides is 1. The van der Waals surface area contributed by atoms with Gasteiger partial charge in [0.25, 0.3) is 5.91 Å². The fourth-order valence-corrected chi connectivity index (χ4v) is 3.53. The number of nitrogens with zero attached hydrogens (tertiary/aromatic N) is 5. The van der Waals surface area contributed by atoms with E-state index in [0.29, 0.717) is 22.0 Å². The molecule has 0 saturated carbocycles. The van der Waals surface area contributed by atoms with Gasteiger partial charge in [-0.3, -0.25) is 9.78 Å². The first-order valence-electron chi connectivity index (χ1n) is 7.41. The van der Waals surface area contributed by atoms with Crippen LogP contribution in [-0.4, -0.2) is 37.8 Å². The Labute approximate surface area is 160 Å². The Morgan fingerprint density at radius 3 is 2.96 bits per heavy atom. The molecule has 1 amide bonds. The maximum atomic E-state index is 12.5. The van der Waals surface area contributed by atoms with Gasteiger partial charge in [0.1, 0.15) is 17.1 Å². The number of hydrogen-bond acceptors (Lipinski definition) is 7. The number of benzene rings is 1. The topological polar surface area (TPSA) is 94.3 Å². The zero-order chi connectivity index (χ0) is 18.1. The molecule has 0 aliphatic carbocycles. The van der Waals surface area contributed by atoms with E-state index in [4.69, 9.17) is 4.74 Å². The molecule has 0 fully saturated rings. The van der Waals surface area contributed by atoms with Crippen molar-refractivity contribution in [3.05, 3.63) is 53.0 Å². The summed E-state index contributed by atoms with van der Waals surface area (Å²) in [4.78, 5) is 17.2. The standard InChI is InChI=1S/C16H11BrN6O2S/c1-25-13-3-2-9(15-22-23-8-19-21-16(23)26-15)5-12(13)20-14(24)10-4-11(17)7-18-6-10/h2-8H,1H3,(H,20,24). The first-order valence-corrected chi connectivity index (χ1v) is 9.02. The molecule has 0 saturated heterocycles. The predicted molar refractivity (Wildman–Crippen MR) is 101 cm³/mol. The number of methoxy groups -OCH3 is 1. The number of aromatic nitrogens is 5. The van der Waals surface area contributed by atoms with Gasteiger partial charge >= 0.3 is 0 Å². The Morgan fingerprint density at radius 1 is 1.31 bits per heavy atom. The second-order valence-electron chi connectivity index (χ2n) is 5.23. The molecule has 130 valence electrons. The molecule has 0 aliphatic heterocycles. The Morgan fingerprint density at radius 2 is 2.19 bits per heavy atom. The van der Waals surface area contributed by atoms with Crippen LogP contribution in [0.3, 0.4) is 0 Å². The summed E-state index contributed by atoms with van der Waals surface area (Å²) in [6, 6.07) is 7.17. The van der Waals surface area contributed by atoms with Crippen molar-refractivity contribution in [2.45, 2.75) is 0 Å². The first kappa shape index (κ1) is 16.6. The van der Waals surface area contributed by atoms with Gasteiger partial charge in [-0.05, 0) is 40.2 Å². The third-order valence-electron chi connectivity index (χ3n) is 3.55. The van der Waals surface area contributed by atoms with E-state index >= 15 is 0 Å². The summed E-state index contributed by atoms with van der Waals surface area (Å²) in [6.45, 7) is 0. The van der Waals surface area contributed by atoms with Gasteiger partial charge < -0.3 is 10.1 Å². The Kier molecular flexibility index (Phi) is 4.35. The van der Waals surface area contributed by atoms with Crippen LogP contribution in [-0.2, 0) is 0 Å². The molecule has 0 unspecified atom stereocenters. The first-order chi connectivity index (χ1) is 12.6. The van der Waals surface area contributed by atoms with Gasteiger partial charge in [-0.2, -0.15) is 9.61 Å². The molecule has 10 heteroatoms. The number of carbonyl (C=O) groups excluding carboxylic acids is 1. The zero-order valence-corrected chi connectivity index (χ0v) is 15.8. The van der Waals surface area contributed by atoms with Crippen LogP contribution in [0.5, 0.6) is 5.75 Å². The third kappa shape index (κ3) is 3.16. The lowest BCUT2D eigenvalue weighted by Gasteiger charge is -2.11. The number of anilines is 1. The van der Waals surface area contributed by atoms with Gasteiger partial charge in [-0.15, -0.1) is 10.2 Å². The van der Waals surface area contributed by atoms with E-state index in [1.807, 2.05) is 12.1 Å². The van der Waals surface area contributed by atoms with E-state index in [0.717, 1.165) is 15.0 Å². The molecular formula is C16H11BrN6O2S. The molecule has 3 heterocycles. The molecule has 0 aliphatic rings. The van der Waals surface area contributed by atoms with Crippen molar-refractivity contribution in [3.63, 3.8) is 0 Å². The lowest BCUT2D eigenvalue weighted by molar-refractivity contribution is 0.102. The number of halogens is 1. The van der Waals surface area contributed by atoms with Crippen molar-refractivity contribution in [2.24, 2.45) is 0 Å². The van der Waals surface area contributed by atoms with Gasteiger partial charge in [0.05, 0.1) is 18.4 Å². The maximum absolute atomic E-state index is 12.5. The van der Waals surface area contributed by atoms with Crippen molar-refractivity contribution in [2.75, 3.05) is 12.4 Å². The second kappa shape index (κ2) is 6.81. The monoisotopic (exact) mass is 430 g/mol. The SMILES string of the molecule is COc1ccc(-c2nn3cnnc3s2)cc1NC(=O)c1cncc(Br)c1. The molecule has 0 atom stereocenters. The Balaban J connectivity index is 1.68. The Bertz CT molecular complexity index is 1080. The van der Waals surface area contributed by atoms with Crippen molar-refractivity contribution >= 4 is 43.8 Å². The lowest BCUT2D eigenvalue weighted by Crippen LogP contribution is -2.13. The fraction of sp³-hybridized carbons (Fsp3) is 0.0625. The van der Waals surface area contributed by atoms with E-state index in [2.05, 4.69) is 41.5 Å². The number of ether oxygens (including phenoxy) is 1. The van der Waals surface area contributed by atoms with E-state index < -0.39 is 0 Å². The number of nitrogens with one attached hydrogen (secondary N) is 1. The summed E-state index contributed by atoms with van der Waals surface area (Å²) >= 11 is 4.72. The zero-order valence-electron chi connectivity index (χ0n) is 13.4. The highest BCUT2D eigenvalue weighted by atomic mass is 79.9. The molecular weight excluding hydrogens is 420 g/mol. The van der Waals surface area contributed by atoms with Crippen molar-refractivity contribution in [3.8, 4) is 16.3 Å². The summed E-state index contributed by atoms with van der Waals surface area (Å²) in [5.41, 5.74) is 1.82. The minimum atomic E-state index is -0.285. The van der Waals surface area contributed by atoms with Crippen LogP contribution in [0.25, 0.3) is 15.5 Å². The minimum Gasteiger partial charge on any atom is -0.495 e. The molecule has 0 radical (unpaired) electrons. The molecule has 8 nitrogen and oxygen atoms in total. The lowest BCUT2D eigenvalue weighted by atomic mass is 10.2. The van der Waals surface area contributed by atoms with Crippen LogP contribution >= 0.6 is 27.3 Å². The average Bonchev–Trinajstić information content (AvgIpc) is 3.23. The number of hydrogen-bond donors (Lipinski definition) is 1. The molecule has 3 aromatic heterocycles. The maximum Gasteiger partial charge on any atom is 0.257 e. The van der Waals surface area contributed by atoms with Crippen LogP contribution in [0.4, 0.5) is 5.69 Å². The molecule has 1 aromatic carbocycles. The number of carbonyl (C=O) groups is 1. The smallest absolute Gasteiger partial charge is 0.257 e. The van der Waals surface area contributed by atoms with E-state index in [1.54, 1.807) is 36.3 Å². The van der Waals surface area contributed by atoms with Gasteiger partial charge in [0, 0.05) is 22.4 Å². The summed E-state index contributed by atoms with van der Waals surface area (Å²) in [5.74, 6) is 0.264. The minimum absolute atomic E-state index is 0.285. The van der Waals surface area contributed by atoms with Crippen molar-refractivity contribution < 1.29 is 9.53 Å². The largest absolute Gasteiger partial charge is 0.495 e. The quantitative estimate of drug-likeness (QED) is 0.533. The summed E-state index contributed by atoms with van der Waals surface area (Å²) in [7, 11) is 1.55. The number of fused-ring (bicyclic) bond motifs is 1. The van der Waals surface area contributed by atoms with E-state index in [1.165, 1.54) is 17.5 Å². The molecule has 26 heavy (non-hydrogen) atoms. The van der Waals surface area contributed by atoms with E-state index in [-0.39, 0.29) is 5.91 Å². The highest BCUT2D eigenvalue weighted by Gasteiger charge is 2.14. The normalized spacial score (nSPS) is 10.8. The summed E-state index contributed by atoms with van der Waals surface area (Å²) < 4.78 is 7.69. The third-order valence-corrected chi connectivity index (χ3v) is 4.94. The van der Waals surface area contributed by atoms with Crippen LogP contribution in [0.2, 0.25) is 0 Å². The average molecular weight is 431 g/mol. The van der Waals surface area contributed by atoms with Crippen LogP contribution in [0, 0.1) is 0 Å². The van der Waals surface area contributed by atoms with Gasteiger partial charge in [-0.1, -0.05) is 11.3 Å². The fourth-order valence-electron chi connectivity index (χ4n) is 2.35. The van der Waals surface area contributed by atoms with Crippen molar-refractivity contribution in [1.29, 1.82) is 0 Å². The number of rotatable bonds is 4. The predicted octanol–water partition coefficient (Wildman–Crippen LogP) is 3.27. The number of pyridine rings is 1. The van der Waals surface area contributed by atoms with Crippen LogP contribution in [0.15, 0.2) is 47.5 Å².